The molecule has 1 rings (SSSR count). The van der Waals surface area contributed by atoms with Gasteiger partial charge < -0.3 is 5.32 Å². The fourth-order valence-corrected chi connectivity index (χ4v) is 1.26. The van der Waals surface area contributed by atoms with Gasteiger partial charge in [-0.3, -0.25) is 4.68 Å². The number of alkyl halides is 3. The number of nitrogens with zero attached hydrogens (tertiary/aromatic N) is 2. The van der Waals surface area contributed by atoms with Crippen molar-refractivity contribution in [3.8, 4) is 0 Å². The molecule has 0 aliphatic heterocycles. The van der Waals surface area contributed by atoms with Crippen molar-refractivity contribution in [3.05, 3.63) is 18.0 Å². The van der Waals surface area contributed by atoms with Crippen molar-refractivity contribution < 1.29 is 13.2 Å². The lowest BCUT2D eigenvalue weighted by molar-refractivity contribution is -0.141. The summed E-state index contributed by atoms with van der Waals surface area (Å²) in [5.74, 6) is 0. The van der Waals surface area contributed by atoms with Gasteiger partial charge in [-0.1, -0.05) is 13.3 Å². The van der Waals surface area contributed by atoms with Crippen LogP contribution in [0, 0.1) is 0 Å². The summed E-state index contributed by atoms with van der Waals surface area (Å²) in [6.45, 7) is 4.08. The van der Waals surface area contributed by atoms with Crippen molar-refractivity contribution in [2.45, 2.75) is 32.5 Å². The highest BCUT2D eigenvalue weighted by Crippen LogP contribution is 2.26. The van der Waals surface area contributed by atoms with Crippen LogP contribution >= 0.6 is 0 Å². The van der Waals surface area contributed by atoms with Crippen molar-refractivity contribution in [3.63, 3.8) is 0 Å². The highest BCUT2D eigenvalue weighted by atomic mass is 19.4. The number of nitrogens with one attached hydrogen (secondary N) is 1. The van der Waals surface area contributed by atoms with Gasteiger partial charge in [0.05, 0.1) is 6.54 Å². The summed E-state index contributed by atoms with van der Waals surface area (Å²) in [6, 6.07) is 0.992. The van der Waals surface area contributed by atoms with E-state index in [0.29, 0.717) is 13.1 Å². The van der Waals surface area contributed by atoms with Crippen LogP contribution in [-0.4, -0.2) is 22.9 Å². The molecule has 6 heteroatoms. The van der Waals surface area contributed by atoms with Gasteiger partial charge in [0.2, 0.25) is 0 Å². The Morgan fingerprint density at radius 3 is 2.69 bits per heavy atom. The third-order valence-electron chi connectivity index (χ3n) is 2.16. The molecule has 16 heavy (non-hydrogen) atoms. The van der Waals surface area contributed by atoms with E-state index in [4.69, 9.17) is 0 Å². The summed E-state index contributed by atoms with van der Waals surface area (Å²) < 4.78 is 37.9. The molecule has 0 atom stereocenters. The lowest BCUT2D eigenvalue weighted by Gasteiger charge is -2.04. The van der Waals surface area contributed by atoms with Gasteiger partial charge >= 0.3 is 6.18 Å². The fourth-order valence-electron chi connectivity index (χ4n) is 1.26. The third kappa shape index (κ3) is 4.22. The lowest BCUT2D eigenvalue weighted by atomic mass is 10.3. The van der Waals surface area contributed by atoms with E-state index in [-0.39, 0.29) is 0 Å². The number of hydrogen-bond acceptors (Lipinski definition) is 2. The molecule has 0 aliphatic rings. The highest BCUT2D eigenvalue weighted by Gasteiger charge is 2.33. The zero-order valence-corrected chi connectivity index (χ0v) is 9.22. The summed E-state index contributed by atoms with van der Waals surface area (Å²) in [5.41, 5.74) is -0.832. The zero-order valence-electron chi connectivity index (χ0n) is 9.22. The number of unbranched alkanes of at least 4 members (excludes halogenated alkanes) is 1. The van der Waals surface area contributed by atoms with E-state index in [1.807, 2.05) is 0 Å². The first-order chi connectivity index (χ1) is 7.54. The third-order valence-corrected chi connectivity index (χ3v) is 2.16. The van der Waals surface area contributed by atoms with Gasteiger partial charge in [-0.15, -0.1) is 0 Å². The number of rotatable bonds is 6. The topological polar surface area (TPSA) is 29.9 Å². The van der Waals surface area contributed by atoms with Crippen LogP contribution in [0.3, 0.4) is 0 Å². The molecule has 0 fully saturated rings. The summed E-state index contributed by atoms with van der Waals surface area (Å²) in [6.07, 6.45) is -0.814. The second-order valence-electron chi connectivity index (χ2n) is 3.57. The number of aromatic nitrogens is 2. The Morgan fingerprint density at radius 2 is 2.12 bits per heavy atom. The molecule has 0 aromatic carbocycles. The number of halogens is 3. The molecule has 0 bridgehead atoms. The second kappa shape index (κ2) is 5.89. The SMILES string of the molecule is CCCCNCCn1ccc(C(F)(F)F)n1. The van der Waals surface area contributed by atoms with Crippen LogP contribution in [-0.2, 0) is 12.7 Å². The van der Waals surface area contributed by atoms with Gasteiger partial charge in [0, 0.05) is 12.7 Å². The molecule has 0 saturated carbocycles. The van der Waals surface area contributed by atoms with Gasteiger partial charge in [0.15, 0.2) is 5.69 Å². The normalized spacial score (nSPS) is 12.0. The van der Waals surface area contributed by atoms with Crippen LogP contribution in [0.4, 0.5) is 13.2 Å². The molecular formula is C10H16F3N3. The summed E-state index contributed by atoms with van der Waals surface area (Å²) in [7, 11) is 0. The summed E-state index contributed by atoms with van der Waals surface area (Å²) >= 11 is 0. The quantitative estimate of drug-likeness (QED) is 0.767. The maximum Gasteiger partial charge on any atom is 0.435 e. The van der Waals surface area contributed by atoms with Gasteiger partial charge in [0.25, 0.3) is 0 Å². The molecule has 1 aromatic heterocycles. The van der Waals surface area contributed by atoms with Crippen LogP contribution in [0.1, 0.15) is 25.5 Å². The minimum absolute atomic E-state index is 0.458. The van der Waals surface area contributed by atoms with E-state index in [9.17, 15) is 13.2 Å². The first kappa shape index (κ1) is 13.0. The highest BCUT2D eigenvalue weighted by molar-refractivity contribution is 5.03. The van der Waals surface area contributed by atoms with Crippen molar-refractivity contribution in [2.75, 3.05) is 13.1 Å². The van der Waals surface area contributed by atoms with Crippen LogP contribution in [0.2, 0.25) is 0 Å². The van der Waals surface area contributed by atoms with E-state index in [0.717, 1.165) is 25.5 Å². The molecule has 0 radical (unpaired) electrons. The zero-order chi connectivity index (χ0) is 12.0. The standard InChI is InChI=1S/C10H16F3N3/c1-2-3-5-14-6-8-16-7-4-9(15-16)10(11,12)13/h4,7,14H,2-3,5-6,8H2,1H3. The Balaban J connectivity index is 2.30. The molecule has 0 spiro atoms. The molecule has 92 valence electrons. The van der Waals surface area contributed by atoms with E-state index in [1.165, 1.54) is 10.9 Å². The Morgan fingerprint density at radius 1 is 1.38 bits per heavy atom. The maximum absolute atomic E-state index is 12.2. The lowest BCUT2D eigenvalue weighted by Crippen LogP contribution is -2.21. The average Bonchev–Trinajstić information content (AvgIpc) is 2.65. The molecule has 0 amide bonds. The predicted octanol–water partition coefficient (Wildman–Crippen LogP) is 2.29. The van der Waals surface area contributed by atoms with Gasteiger partial charge in [-0.25, -0.2) is 0 Å². The second-order valence-corrected chi connectivity index (χ2v) is 3.57. The van der Waals surface area contributed by atoms with Crippen LogP contribution in [0.5, 0.6) is 0 Å². The molecular weight excluding hydrogens is 219 g/mol. The van der Waals surface area contributed by atoms with Crippen LogP contribution in [0.15, 0.2) is 12.3 Å². The van der Waals surface area contributed by atoms with Gasteiger partial charge in [-0.2, -0.15) is 18.3 Å². The summed E-state index contributed by atoms with van der Waals surface area (Å²) in [4.78, 5) is 0. The van der Waals surface area contributed by atoms with Crippen molar-refractivity contribution >= 4 is 0 Å². The molecule has 0 unspecified atom stereocenters. The first-order valence-corrected chi connectivity index (χ1v) is 5.35. The summed E-state index contributed by atoms with van der Waals surface area (Å²) in [5, 5.41) is 6.59. The fraction of sp³-hybridized carbons (Fsp3) is 0.700. The molecule has 0 aliphatic carbocycles. The van der Waals surface area contributed by atoms with E-state index in [2.05, 4.69) is 17.3 Å². The molecule has 0 saturated heterocycles. The van der Waals surface area contributed by atoms with E-state index in [1.54, 1.807) is 0 Å². The Labute approximate surface area is 92.6 Å². The number of hydrogen-bond donors (Lipinski definition) is 1. The van der Waals surface area contributed by atoms with Crippen molar-refractivity contribution in [1.82, 2.24) is 15.1 Å². The van der Waals surface area contributed by atoms with E-state index < -0.39 is 11.9 Å². The minimum Gasteiger partial charge on any atom is -0.315 e. The van der Waals surface area contributed by atoms with E-state index >= 15 is 0 Å². The van der Waals surface area contributed by atoms with Crippen molar-refractivity contribution in [2.24, 2.45) is 0 Å². The Bertz CT molecular complexity index is 307. The average molecular weight is 235 g/mol. The Kier molecular flexibility index (Phi) is 4.79. The largest absolute Gasteiger partial charge is 0.435 e. The van der Waals surface area contributed by atoms with Gasteiger partial charge in [0.1, 0.15) is 0 Å². The molecule has 3 nitrogen and oxygen atoms in total. The van der Waals surface area contributed by atoms with Crippen LogP contribution in [0.25, 0.3) is 0 Å². The van der Waals surface area contributed by atoms with Crippen molar-refractivity contribution in [1.29, 1.82) is 0 Å². The molecule has 1 N–H and O–H groups in total. The minimum atomic E-state index is -4.35. The monoisotopic (exact) mass is 235 g/mol. The first-order valence-electron chi connectivity index (χ1n) is 5.35. The Hall–Kier alpha value is -1.04. The van der Waals surface area contributed by atoms with Crippen LogP contribution < -0.4 is 5.32 Å². The molecule has 1 heterocycles. The predicted molar refractivity (Wildman–Crippen MR) is 55.0 cm³/mol. The van der Waals surface area contributed by atoms with Gasteiger partial charge in [-0.05, 0) is 19.0 Å². The molecule has 1 aromatic rings. The smallest absolute Gasteiger partial charge is 0.315 e. The maximum atomic E-state index is 12.2.